The lowest BCUT2D eigenvalue weighted by Gasteiger charge is -2.17. The zero-order valence-electron chi connectivity index (χ0n) is 9.39. The Morgan fingerprint density at radius 2 is 1.76 bits per heavy atom. The second kappa shape index (κ2) is 5.80. The first-order chi connectivity index (χ1) is 9.25. The summed E-state index contributed by atoms with van der Waals surface area (Å²) < 4.78 is 100. The second-order valence-electron chi connectivity index (χ2n) is 3.41. The van der Waals surface area contributed by atoms with Gasteiger partial charge in [-0.3, -0.25) is 0 Å². The van der Waals surface area contributed by atoms with Crippen LogP contribution in [0.15, 0.2) is 11.1 Å². The van der Waals surface area contributed by atoms with Gasteiger partial charge in [0, 0.05) is 22.1 Å². The molecule has 0 unspecified atom stereocenters. The molecule has 0 aromatic carbocycles. The normalized spacial score (nSPS) is 13.3. The number of ether oxygens (including phenoxy) is 1. The SMILES string of the molecule is O=S(=O)(Cl)c1nc(CBr)cc(OC(F)(F)F)c1C(F)(F)F. The Hall–Kier alpha value is -0.750. The molecule has 0 aliphatic rings. The molecule has 0 spiro atoms. The zero-order valence-corrected chi connectivity index (χ0v) is 12.5. The lowest BCUT2D eigenvalue weighted by atomic mass is 10.2. The molecular formula is C8H3BrClF6NO3S. The maximum Gasteiger partial charge on any atom is 0.573 e. The molecule has 0 radical (unpaired) electrons. The van der Waals surface area contributed by atoms with E-state index >= 15 is 0 Å². The van der Waals surface area contributed by atoms with Gasteiger partial charge in [-0.05, 0) is 0 Å². The van der Waals surface area contributed by atoms with E-state index in [0.29, 0.717) is 6.07 Å². The van der Waals surface area contributed by atoms with Gasteiger partial charge in [-0.15, -0.1) is 13.2 Å². The number of pyridine rings is 1. The van der Waals surface area contributed by atoms with Crippen LogP contribution in [0.25, 0.3) is 0 Å². The zero-order chi connectivity index (χ0) is 16.6. The fraction of sp³-hybridized carbons (Fsp3) is 0.375. The number of rotatable bonds is 3. The van der Waals surface area contributed by atoms with Crippen LogP contribution in [-0.4, -0.2) is 19.8 Å². The van der Waals surface area contributed by atoms with Gasteiger partial charge in [0.15, 0.2) is 5.03 Å². The summed E-state index contributed by atoms with van der Waals surface area (Å²) in [7, 11) is -0.255. The lowest BCUT2D eigenvalue weighted by molar-refractivity contribution is -0.276. The third kappa shape index (κ3) is 4.88. The number of alkyl halides is 7. The molecule has 1 heterocycles. The van der Waals surface area contributed by atoms with E-state index in [1.165, 1.54) is 0 Å². The molecule has 0 bridgehead atoms. The van der Waals surface area contributed by atoms with E-state index in [1.54, 1.807) is 0 Å². The summed E-state index contributed by atoms with van der Waals surface area (Å²) >= 11 is 2.73. The number of aromatic nitrogens is 1. The largest absolute Gasteiger partial charge is 0.573 e. The maximum atomic E-state index is 12.8. The molecular weight excluding hydrogens is 420 g/mol. The number of hydrogen-bond acceptors (Lipinski definition) is 4. The van der Waals surface area contributed by atoms with Gasteiger partial charge < -0.3 is 4.74 Å². The first-order valence-corrected chi connectivity index (χ1v) is 8.06. The van der Waals surface area contributed by atoms with Crippen LogP contribution < -0.4 is 4.74 Å². The van der Waals surface area contributed by atoms with Gasteiger partial charge >= 0.3 is 12.5 Å². The number of hydrogen-bond donors (Lipinski definition) is 0. The fourth-order valence-electron chi connectivity index (χ4n) is 1.26. The Morgan fingerprint density at radius 3 is 2.10 bits per heavy atom. The molecule has 0 aliphatic heterocycles. The molecule has 13 heteroatoms. The van der Waals surface area contributed by atoms with Gasteiger partial charge in [-0.1, -0.05) is 15.9 Å². The van der Waals surface area contributed by atoms with Crippen molar-refractivity contribution in [1.82, 2.24) is 4.98 Å². The molecule has 1 aromatic heterocycles. The van der Waals surface area contributed by atoms with Crippen LogP contribution in [0.3, 0.4) is 0 Å². The third-order valence-corrected chi connectivity index (χ3v) is 3.65. The first-order valence-electron chi connectivity index (χ1n) is 4.63. The van der Waals surface area contributed by atoms with E-state index < -0.39 is 43.6 Å². The van der Waals surface area contributed by atoms with Crippen molar-refractivity contribution in [2.24, 2.45) is 0 Å². The van der Waals surface area contributed by atoms with E-state index in [4.69, 9.17) is 10.7 Å². The summed E-state index contributed by atoms with van der Waals surface area (Å²) in [6, 6.07) is 0.316. The van der Waals surface area contributed by atoms with E-state index in [1.807, 2.05) is 0 Å². The van der Waals surface area contributed by atoms with E-state index in [2.05, 4.69) is 25.7 Å². The van der Waals surface area contributed by atoms with Crippen molar-refractivity contribution >= 4 is 35.7 Å². The van der Waals surface area contributed by atoms with E-state index in [-0.39, 0.29) is 5.33 Å². The summed E-state index contributed by atoms with van der Waals surface area (Å²) in [5.74, 6) is -1.75. The van der Waals surface area contributed by atoms with Crippen molar-refractivity contribution in [2.45, 2.75) is 22.9 Å². The summed E-state index contributed by atoms with van der Waals surface area (Å²) in [5, 5.41) is -2.08. The van der Waals surface area contributed by atoms with Crippen molar-refractivity contribution in [3.8, 4) is 5.75 Å². The quantitative estimate of drug-likeness (QED) is 0.422. The molecule has 120 valence electrons. The van der Waals surface area contributed by atoms with Crippen molar-refractivity contribution < 1.29 is 39.5 Å². The summed E-state index contributed by atoms with van der Waals surface area (Å²) in [4.78, 5) is 3.09. The number of halogens is 8. The van der Waals surface area contributed by atoms with Crippen LogP contribution in [0.4, 0.5) is 26.3 Å². The standard InChI is InChI=1S/C8H3BrClF6NO3S/c9-2-3-1-4(20-8(14,15)16)5(7(11,12)13)6(17-3)21(10,18)19/h1H,2H2. The molecule has 0 fully saturated rings. The molecule has 21 heavy (non-hydrogen) atoms. The molecule has 0 atom stereocenters. The predicted molar refractivity (Wildman–Crippen MR) is 61.6 cm³/mol. The Kier molecular flexibility index (Phi) is 5.05. The fourth-order valence-corrected chi connectivity index (χ4v) is 2.57. The minimum absolute atomic E-state index is 0.316. The topological polar surface area (TPSA) is 56.3 Å². The van der Waals surface area contributed by atoms with Crippen LogP contribution in [0.1, 0.15) is 11.3 Å². The molecule has 1 aromatic rings. The molecule has 0 saturated carbocycles. The van der Waals surface area contributed by atoms with Gasteiger partial charge in [0.05, 0.1) is 5.69 Å². The maximum absolute atomic E-state index is 12.8. The van der Waals surface area contributed by atoms with Gasteiger partial charge in [0.2, 0.25) is 0 Å². The summed E-state index contributed by atoms with van der Waals surface area (Å²) in [6.45, 7) is 0. The monoisotopic (exact) mass is 421 g/mol. The average molecular weight is 423 g/mol. The third-order valence-electron chi connectivity index (χ3n) is 1.88. The van der Waals surface area contributed by atoms with Crippen molar-refractivity contribution in [3.63, 3.8) is 0 Å². The lowest BCUT2D eigenvalue weighted by Crippen LogP contribution is -2.22. The molecule has 4 nitrogen and oxygen atoms in total. The van der Waals surface area contributed by atoms with Crippen LogP contribution in [0.5, 0.6) is 5.75 Å². The van der Waals surface area contributed by atoms with Crippen molar-refractivity contribution in [3.05, 3.63) is 17.3 Å². The Bertz CT molecular complexity index is 645. The highest BCUT2D eigenvalue weighted by atomic mass is 79.9. The molecule has 0 amide bonds. The smallest absolute Gasteiger partial charge is 0.405 e. The number of nitrogens with zero attached hydrogens (tertiary/aromatic N) is 1. The first kappa shape index (κ1) is 18.3. The average Bonchev–Trinajstić information content (AvgIpc) is 2.22. The minimum atomic E-state index is -5.48. The van der Waals surface area contributed by atoms with Crippen LogP contribution in [-0.2, 0) is 20.6 Å². The highest BCUT2D eigenvalue weighted by Crippen LogP contribution is 2.42. The molecule has 0 saturated heterocycles. The minimum Gasteiger partial charge on any atom is -0.405 e. The van der Waals surface area contributed by atoms with Crippen molar-refractivity contribution in [2.75, 3.05) is 0 Å². The van der Waals surface area contributed by atoms with Gasteiger partial charge in [0.1, 0.15) is 11.3 Å². The Labute approximate surface area is 126 Å². The molecule has 0 aliphatic carbocycles. The van der Waals surface area contributed by atoms with Crippen molar-refractivity contribution in [1.29, 1.82) is 0 Å². The summed E-state index contributed by atoms with van der Waals surface area (Å²) in [6.07, 6.45) is -10.9. The van der Waals surface area contributed by atoms with Gasteiger partial charge in [0.25, 0.3) is 9.05 Å². The molecule has 0 N–H and O–H groups in total. The van der Waals surface area contributed by atoms with Gasteiger partial charge in [-0.2, -0.15) is 13.2 Å². The highest BCUT2D eigenvalue weighted by molar-refractivity contribution is 9.08. The van der Waals surface area contributed by atoms with E-state index in [0.717, 1.165) is 0 Å². The van der Waals surface area contributed by atoms with Crippen LogP contribution >= 0.6 is 26.6 Å². The second-order valence-corrected chi connectivity index (χ2v) is 6.45. The van der Waals surface area contributed by atoms with Gasteiger partial charge in [-0.25, -0.2) is 13.4 Å². The predicted octanol–water partition coefficient (Wildman–Crippen LogP) is 3.82. The van der Waals surface area contributed by atoms with E-state index in [9.17, 15) is 34.8 Å². The Morgan fingerprint density at radius 1 is 1.24 bits per heavy atom. The Balaban J connectivity index is 3.76. The summed E-state index contributed by atoms with van der Waals surface area (Å²) in [5.41, 5.74) is -2.67. The van der Waals surface area contributed by atoms with Crippen LogP contribution in [0, 0.1) is 0 Å². The molecule has 1 rings (SSSR count). The highest BCUT2D eigenvalue weighted by Gasteiger charge is 2.45. The van der Waals surface area contributed by atoms with Crippen LogP contribution in [0.2, 0.25) is 0 Å².